The van der Waals surface area contributed by atoms with E-state index in [0.29, 0.717) is 38.8 Å². The molecule has 0 aromatic heterocycles. The van der Waals surface area contributed by atoms with Gasteiger partial charge in [-0.3, -0.25) is 14.5 Å². The third-order valence-corrected chi connectivity index (χ3v) is 5.76. The summed E-state index contributed by atoms with van der Waals surface area (Å²) in [7, 11) is 1.95. The molecule has 0 aromatic rings. The van der Waals surface area contributed by atoms with Crippen molar-refractivity contribution in [2.24, 2.45) is 0 Å². The Kier molecular flexibility index (Phi) is 6.67. The zero-order valence-corrected chi connectivity index (χ0v) is 15.4. The summed E-state index contributed by atoms with van der Waals surface area (Å²) in [6.45, 7) is 5.36. The molecule has 142 valence electrons. The van der Waals surface area contributed by atoms with Crippen molar-refractivity contribution in [3.8, 4) is 0 Å². The Morgan fingerprint density at radius 2 is 1.84 bits per heavy atom. The molecule has 7 nitrogen and oxygen atoms in total. The largest absolute Gasteiger partial charge is 0.366 e. The van der Waals surface area contributed by atoms with Crippen LogP contribution < -0.4 is 5.32 Å². The summed E-state index contributed by atoms with van der Waals surface area (Å²) in [5.74, 6) is 0.295. The molecular weight excluding hydrogens is 320 g/mol. The molecule has 3 rings (SSSR count). The molecule has 1 atom stereocenters. The summed E-state index contributed by atoms with van der Waals surface area (Å²) < 4.78 is 5.55. The normalized spacial score (nSPS) is 26.4. The van der Waals surface area contributed by atoms with Crippen LogP contribution in [0.1, 0.15) is 32.1 Å². The molecule has 1 saturated carbocycles. The minimum Gasteiger partial charge on any atom is -0.366 e. The van der Waals surface area contributed by atoms with Crippen LogP contribution in [0.4, 0.5) is 0 Å². The molecule has 2 amide bonds. The van der Waals surface area contributed by atoms with Gasteiger partial charge in [0.2, 0.25) is 5.91 Å². The highest BCUT2D eigenvalue weighted by molar-refractivity contribution is 5.81. The Balaban J connectivity index is 1.41. The molecular formula is C18H32N4O3. The second-order valence-corrected chi connectivity index (χ2v) is 7.46. The number of piperazine rings is 1. The average molecular weight is 352 g/mol. The van der Waals surface area contributed by atoms with Gasteiger partial charge in [0.05, 0.1) is 13.2 Å². The van der Waals surface area contributed by atoms with Crippen LogP contribution in [0.5, 0.6) is 0 Å². The number of carbonyl (C=O) groups is 2. The first-order valence-corrected chi connectivity index (χ1v) is 9.74. The van der Waals surface area contributed by atoms with E-state index in [1.807, 2.05) is 16.8 Å². The molecule has 25 heavy (non-hydrogen) atoms. The molecule has 2 aliphatic heterocycles. The van der Waals surface area contributed by atoms with E-state index >= 15 is 0 Å². The fourth-order valence-corrected chi connectivity index (χ4v) is 4.03. The van der Waals surface area contributed by atoms with Gasteiger partial charge >= 0.3 is 0 Å². The summed E-state index contributed by atoms with van der Waals surface area (Å²) in [4.78, 5) is 31.0. The van der Waals surface area contributed by atoms with E-state index in [9.17, 15) is 9.59 Å². The van der Waals surface area contributed by atoms with Gasteiger partial charge in [0.25, 0.3) is 5.91 Å². The van der Waals surface area contributed by atoms with Crippen molar-refractivity contribution in [2.45, 2.75) is 44.2 Å². The van der Waals surface area contributed by atoms with Crippen LogP contribution in [0.15, 0.2) is 0 Å². The fourth-order valence-electron chi connectivity index (χ4n) is 4.03. The fraction of sp³-hybridized carbons (Fsp3) is 0.889. The number of rotatable bonds is 4. The predicted octanol–water partition coefficient (Wildman–Crippen LogP) is -0.0899. The SMILES string of the molecule is CN(C(=O)CN1CCN(C(=O)C2CNCCO2)CC1)C1CCCCC1. The number of hydrogen-bond donors (Lipinski definition) is 1. The zero-order valence-electron chi connectivity index (χ0n) is 15.4. The van der Waals surface area contributed by atoms with Gasteiger partial charge in [0.1, 0.15) is 6.10 Å². The van der Waals surface area contributed by atoms with Crippen molar-refractivity contribution in [2.75, 3.05) is 59.5 Å². The molecule has 0 spiro atoms. The highest BCUT2D eigenvalue weighted by Gasteiger charge is 2.30. The van der Waals surface area contributed by atoms with Gasteiger partial charge in [-0.15, -0.1) is 0 Å². The number of nitrogens with zero attached hydrogens (tertiary/aromatic N) is 3. The van der Waals surface area contributed by atoms with E-state index in [4.69, 9.17) is 4.74 Å². The van der Waals surface area contributed by atoms with Crippen molar-refractivity contribution in [1.29, 1.82) is 0 Å². The number of nitrogens with one attached hydrogen (secondary N) is 1. The minimum atomic E-state index is -0.348. The molecule has 0 radical (unpaired) electrons. The quantitative estimate of drug-likeness (QED) is 0.766. The van der Waals surface area contributed by atoms with Gasteiger partial charge in [0.15, 0.2) is 0 Å². The smallest absolute Gasteiger partial charge is 0.253 e. The zero-order chi connectivity index (χ0) is 17.6. The van der Waals surface area contributed by atoms with E-state index < -0.39 is 0 Å². The van der Waals surface area contributed by atoms with Crippen LogP contribution >= 0.6 is 0 Å². The first-order valence-electron chi connectivity index (χ1n) is 9.74. The van der Waals surface area contributed by atoms with E-state index in [-0.39, 0.29) is 17.9 Å². The van der Waals surface area contributed by atoms with Crippen LogP contribution in [0.25, 0.3) is 0 Å². The Bertz CT molecular complexity index is 453. The molecule has 3 fully saturated rings. The van der Waals surface area contributed by atoms with E-state index in [2.05, 4.69) is 10.2 Å². The van der Waals surface area contributed by atoms with Crippen molar-refractivity contribution < 1.29 is 14.3 Å². The van der Waals surface area contributed by atoms with Crippen molar-refractivity contribution in [3.05, 3.63) is 0 Å². The number of likely N-dealkylation sites (N-methyl/N-ethyl adjacent to an activating group) is 1. The summed E-state index contributed by atoms with van der Waals surface area (Å²) >= 11 is 0. The summed E-state index contributed by atoms with van der Waals surface area (Å²) in [6.07, 6.45) is 5.70. The first kappa shape index (κ1) is 18.6. The minimum absolute atomic E-state index is 0.0810. The van der Waals surface area contributed by atoms with Gasteiger partial charge < -0.3 is 19.9 Å². The van der Waals surface area contributed by atoms with Gasteiger partial charge in [-0.25, -0.2) is 0 Å². The lowest BCUT2D eigenvalue weighted by Gasteiger charge is -2.38. The van der Waals surface area contributed by atoms with Crippen LogP contribution in [-0.4, -0.2) is 98.1 Å². The summed E-state index contributed by atoms with van der Waals surface area (Å²) in [5, 5.41) is 3.20. The lowest BCUT2D eigenvalue weighted by molar-refractivity contribution is -0.147. The second kappa shape index (κ2) is 8.96. The maximum atomic E-state index is 12.5. The molecule has 2 saturated heterocycles. The van der Waals surface area contributed by atoms with Gasteiger partial charge in [-0.05, 0) is 12.8 Å². The summed E-state index contributed by atoms with van der Waals surface area (Å²) in [6, 6.07) is 0.417. The third kappa shape index (κ3) is 4.92. The maximum Gasteiger partial charge on any atom is 0.253 e. The molecule has 3 aliphatic rings. The van der Waals surface area contributed by atoms with Crippen molar-refractivity contribution in [1.82, 2.24) is 20.0 Å². The topological polar surface area (TPSA) is 65.1 Å². The third-order valence-electron chi connectivity index (χ3n) is 5.76. The molecule has 7 heteroatoms. The Hall–Kier alpha value is -1.18. The molecule has 0 bridgehead atoms. The second-order valence-electron chi connectivity index (χ2n) is 7.46. The van der Waals surface area contributed by atoms with Crippen LogP contribution in [0.3, 0.4) is 0 Å². The standard InChI is InChI=1S/C18H32N4O3/c1-20(15-5-3-2-4-6-15)17(23)14-21-8-10-22(11-9-21)18(24)16-13-19-7-12-25-16/h15-16,19H,2-14H2,1H3. The predicted molar refractivity (Wildman–Crippen MR) is 95.3 cm³/mol. The molecule has 1 N–H and O–H groups in total. The van der Waals surface area contributed by atoms with Crippen LogP contribution in [-0.2, 0) is 14.3 Å². The Labute approximate surface area is 150 Å². The number of amides is 2. The lowest BCUT2D eigenvalue weighted by Crippen LogP contribution is -2.56. The van der Waals surface area contributed by atoms with Gasteiger partial charge in [-0.2, -0.15) is 0 Å². The highest BCUT2D eigenvalue weighted by atomic mass is 16.5. The Morgan fingerprint density at radius 1 is 1.12 bits per heavy atom. The molecule has 2 heterocycles. The number of hydrogen-bond acceptors (Lipinski definition) is 5. The first-order chi connectivity index (χ1) is 12.1. The van der Waals surface area contributed by atoms with E-state index in [0.717, 1.165) is 32.5 Å². The molecule has 1 aliphatic carbocycles. The Morgan fingerprint density at radius 3 is 2.48 bits per heavy atom. The number of morpholine rings is 1. The summed E-state index contributed by atoms with van der Waals surface area (Å²) in [5.41, 5.74) is 0. The van der Waals surface area contributed by atoms with Crippen molar-refractivity contribution >= 4 is 11.8 Å². The molecule has 1 unspecified atom stereocenters. The van der Waals surface area contributed by atoms with E-state index in [1.54, 1.807) is 0 Å². The van der Waals surface area contributed by atoms with Crippen LogP contribution in [0, 0.1) is 0 Å². The van der Waals surface area contributed by atoms with Gasteiger partial charge in [0, 0.05) is 52.4 Å². The van der Waals surface area contributed by atoms with E-state index in [1.165, 1.54) is 19.3 Å². The monoisotopic (exact) mass is 352 g/mol. The van der Waals surface area contributed by atoms with Crippen molar-refractivity contribution in [3.63, 3.8) is 0 Å². The number of carbonyl (C=O) groups excluding carboxylic acids is 2. The highest BCUT2D eigenvalue weighted by Crippen LogP contribution is 2.21. The maximum absolute atomic E-state index is 12.5. The average Bonchev–Trinajstić information content (AvgIpc) is 2.68. The van der Waals surface area contributed by atoms with Crippen LogP contribution in [0.2, 0.25) is 0 Å². The lowest BCUT2D eigenvalue weighted by atomic mass is 9.94. The number of ether oxygens (including phenoxy) is 1. The van der Waals surface area contributed by atoms with Gasteiger partial charge in [-0.1, -0.05) is 19.3 Å². The molecule has 0 aromatic carbocycles.